The predicted octanol–water partition coefficient (Wildman–Crippen LogP) is 2.27. The van der Waals surface area contributed by atoms with Gasteiger partial charge in [0.1, 0.15) is 5.82 Å². The number of aromatic nitrogens is 1. The van der Waals surface area contributed by atoms with E-state index in [0.717, 1.165) is 18.5 Å². The average Bonchev–Trinajstić information content (AvgIpc) is 2.53. The molecular formula is C12H18FN3. The number of rotatable bonds is 2. The first-order valence-electron chi connectivity index (χ1n) is 5.86. The SMILES string of the molecule is CNN1CCCCC[C@H]1c1cncc(F)c1. The molecule has 1 aliphatic rings. The van der Waals surface area contributed by atoms with Gasteiger partial charge in [-0.05, 0) is 31.5 Å². The number of hydrazine groups is 1. The third-order valence-corrected chi connectivity index (χ3v) is 3.15. The highest BCUT2D eigenvalue weighted by molar-refractivity contribution is 5.15. The predicted molar refractivity (Wildman–Crippen MR) is 61.2 cm³/mol. The lowest BCUT2D eigenvalue weighted by Crippen LogP contribution is -2.38. The van der Waals surface area contributed by atoms with E-state index in [1.54, 1.807) is 12.3 Å². The highest BCUT2D eigenvalue weighted by Crippen LogP contribution is 2.28. The molecule has 1 saturated heterocycles. The van der Waals surface area contributed by atoms with Crippen molar-refractivity contribution in [3.63, 3.8) is 0 Å². The molecular weight excluding hydrogens is 205 g/mol. The van der Waals surface area contributed by atoms with E-state index in [-0.39, 0.29) is 11.9 Å². The Morgan fingerprint density at radius 1 is 1.38 bits per heavy atom. The molecule has 0 spiro atoms. The topological polar surface area (TPSA) is 28.2 Å². The van der Waals surface area contributed by atoms with Gasteiger partial charge in [-0.3, -0.25) is 10.4 Å². The van der Waals surface area contributed by atoms with E-state index in [9.17, 15) is 4.39 Å². The van der Waals surface area contributed by atoms with Crippen molar-refractivity contribution >= 4 is 0 Å². The van der Waals surface area contributed by atoms with Crippen molar-refractivity contribution in [3.05, 3.63) is 29.8 Å². The van der Waals surface area contributed by atoms with Gasteiger partial charge in [0.15, 0.2) is 0 Å². The molecule has 2 rings (SSSR count). The van der Waals surface area contributed by atoms with Crippen LogP contribution in [0, 0.1) is 5.82 Å². The largest absolute Gasteiger partial charge is 0.261 e. The van der Waals surface area contributed by atoms with E-state index in [4.69, 9.17) is 0 Å². The van der Waals surface area contributed by atoms with Crippen molar-refractivity contribution in [2.45, 2.75) is 31.7 Å². The normalized spacial score (nSPS) is 23.0. The minimum atomic E-state index is -0.252. The summed E-state index contributed by atoms with van der Waals surface area (Å²) in [5.74, 6) is -0.252. The number of nitrogens with one attached hydrogen (secondary N) is 1. The molecule has 3 nitrogen and oxygen atoms in total. The van der Waals surface area contributed by atoms with Gasteiger partial charge < -0.3 is 0 Å². The molecule has 1 fully saturated rings. The number of nitrogens with zero attached hydrogens (tertiary/aromatic N) is 2. The minimum Gasteiger partial charge on any atom is -0.261 e. The van der Waals surface area contributed by atoms with Gasteiger partial charge in [0.25, 0.3) is 0 Å². The molecule has 1 aliphatic heterocycles. The summed E-state index contributed by atoms with van der Waals surface area (Å²) in [5, 5.41) is 2.18. The average molecular weight is 223 g/mol. The van der Waals surface area contributed by atoms with Crippen LogP contribution < -0.4 is 5.43 Å². The lowest BCUT2D eigenvalue weighted by Gasteiger charge is -2.28. The number of halogens is 1. The van der Waals surface area contributed by atoms with Crippen LogP contribution in [0.5, 0.6) is 0 Å². The Balaban J connectivity index is 2.21. The van der Waals surface area contributed by atoms with Crippen molar-refractivity contribution in [3.8, 4) is 0 Å². The van der Waals surface area contributed by atoms with Crippen LogP contribution in [0.3, 0.4) is 0 Å². The van der Waals surface area contributed by atoms with Crippen LogP contribution in [0.2, 0.25) is 0 Å². The van der Waals surface area contributed by atoms with E-state index in [1.165, 1.54) is 25.5 Å². The molecule has 0 aromatic carbocycles. The van der Waals surface area contributed by atoms with E-state index in [0.29, 0.717) is 0 Å². The lowest BCUT2D eigenvalue weighted by molar-refractivity contribution is 0.142. The summed E-state index contributed by atoms with van der Waals surface area (Å²) in [5.41, 5.74) is 4.16. The van der Waals surface area contributed by atoms with Crippen molar-refractivity contribution in [2.75, 3.05) is 13.6 Å². The number of hydrogen-bond donors (Lipinski definition) is 1. The monoisotopic (exact) mass is 223 g/mol. The summed E-state index contributed by atoms with van der Waals surface area (Å²) < 4.78 is 13.2. The molecule has 1 atom stereocenters. The zero-order valence-electron chi connectivity index (χ0n) is 9.62. The zero-order valence-corrected chi connectivity index (χ0v) is 9.62. The van der Waals surface area contributed by atoms with Gasteiger partial charge in [-0.2, -0.15) is 0 Å². The van der Waals surface area contributed by atoms with Gasteiger partial charge in [-0.25, -0.2) is 9.40 Å². The zero-order chi connectivity index (χ0) is 11.4. The summed E-state index contributed by atoms with van der Waals surface area (Å²) in [6, 6.07) is 1.84. The molecule has 2 heterocycles. The Morgan fingerprint density at radius 3 is 3.00 bits per heavy atom. The summed E-state index contributed by atoms with van der Waals surface area (Å²) >= 11 is 0. The highest BCUT2D eigenvalue weighted by atomic mass is 19.1. The van der Waals surface area contributed by atoms with Crippen LogP contribution in [0.25, 0.3) is 0 Å². The van der Waals surface area contributed by atoms with Crippen LogP contribution >= 0.6 is 0 Å². The Kier molecular flexibility index (Phi) is 3.85. The molecule has 4 heteroatoms. The van der Waals surface area contributed by atoms with Crippen molar-refractivity contribution in [2.24, 2.45) is 0 Å². The molecule has 0 saturated carbocycles. The van der Waals surface area contributed by atoms with Gasteiger partial charge in [0.2, 0.25) is 0 Å². The third-order valence-electron chi connectivity index (χ3n) is 3.15. The second-order valence-corrected chi connectivity index (χ2v) is 4.22. The van der Waals surface area contributed by atoms with Gasteiger partial charge in [-0.15, -0.1) is 0 Å². The second-order valence-electron chi connectivity index (χ2n) is 4.22. The van der Waals surface area contributed by atoms with Crippen LogP contribution in [-0.4, -0.2) is 23.6 Å². The summed E-state index contributed by atoms with van der Waals surface area (Å²) in [6.07, 6.45) is 7.72. The molecule has 16 heavy (non-hydrogen) atoms. The fourth-order valence-corrected chi connectivity index (χ4v) is 2.33. The van der Waals surface area contributed by atoms with Gasteiger partial charge in [-0.1, -0.05) is 12.8 Å². The first-order chi connectivity index (χ1) is 7.81. The molecule has 0 amide bonds. The molecule has 1 aromatic rings. The van der Waals surface area contributed by atoms with E-state index in [1.807, 2.05) is 7.05 Å². The summed E-state index contributed by atoms with van der Waals surface area (Å²) in [6.45, 7) is 1.01. The Morgan fingerprint density at radius 2 is 2.25 bits per heavy atom. The first kappa shape index (κ1) is 11.5. The minimum absolute atomic E-state index is 0.246. The quantitative estimate of drug-likeness (QED) is 0.833. The maximum absolute atomic E-state index is 13.2. The van der Waals surface area contributed by atoms with Crippen molar-refractivity contribution in [1.82, 2.24) is 15.4 Å². The van der Waals surface area contributed by atoms with Crippen LogP contribution in [0.15, 0.2) is 18.5 Å². The second kappa shape index (κ2) is 5.37. The summed E-state index contributed by atoms with van der Waals surface area (Å²) in [7, 11) is 1.92. The van der Waals surface area contributed by atoms with E-state index >= 15 is 0 Å². The maximum Gasteiger partial charge on any atom is 0.141 e. The fourth-order valence-electron chi connectivity index (χ4n) is 2.33. The molecule has 0 aliphatic carbocycles. The van der Waals surface area contributed by atoms with E-state index < -0.39 is 0 Å². The highest BCUT2D eigenvalue weighted by Gasteiger charge is 2.21. The smallest absolute Gasteiger partial charge is 0.141 e. The van der Waals surface area contributed by atoms with Gasteiger partial charge in [0, 0.05) is 12.7 Å². The third kappa shape index (κ3) is 2.57. The van der Waals surface area contributed by atoms with E-state index in [2.05, 4.69) is 15.4 Å². The number of pyridine rings is 1. The maximum atomic E-state index is 13.2. The number of hydrogen-bond acceptors (Lipinski definition) is 3. The van der Waals surface area contributed by atoms with Gasteiger partial charge in [0.05, 0.1) is 12.2 Å². The van der Waals surface area contributed by atoms with Crippen LogP contribution in [0.4, 0.5) is 4.39 Å². The first-order valence-corrected chi connectivity index (χ1v) is 5.86. The van der Waals surface area contributed by atoms with Gasteiger partial charge >= 0.3 is 0 Å². The molecule has 88 valence electrons. The molecule has 0 radical (unpaired) electrons. The van der Waals surface area contributed by atoms with Crippen LogP contribution in [-0.2, 0) is 0 Å². The van der Waals surface area contributed by atoms with Crippen molar-refractivity contribution < 1.29 is 4.39 Å². The summed E-state index contributed by atoms with van der Waals surface area (Å²) in [4.78, 5) is 3.93. The Labute approximate surface area is 95.6 Å². The molecule has 0 unspecified atom stereocenters. The molecule has 1 N–H and O–H groups in total. The molecule has 1 aromatic heterocycles. The Hall–Kier alpha value is -1.00. The standard InChI is InChI=1S/C12H18FN3/c1-14-16-6-4-2-3-5-12(16)10-7-11(13)9-15-8-10/h7-9,12,14H,2-6H2,1H3/t12-/m0/s1. The fraction of sp³-hybridized carbons (Fsp3) is 0.583. The lowest BCUT2D eigenvalue weighted by atomic mass is 10.0. The van der Waals surface area contributed by atoms with Crippen molar-refractivity contribution in [1.29, 1.82) is 0 Å². The molecule has 0 bridgehead atoms. The van der Waals surface area contributed by atoms with Crippen LogP contribution in [0.1, 0.15) is 37.3 Å². The Bertz CT molecular complexity index is 343.